The quantitative estimate of drug-likeness (QED) is 0.608. The summed E-state index contributed by atoms with van der Waals surface area (Å²) in [4.78, 5) is 0. The molecule has 0 bridgehead atoms. The van der Waals surface area contributed by atoms with E-state index in [1.54, 1.807) is 6.07 Å². The van der Waals surface area contributed by atoms with Crippen molar-refractivity contribution in [2.24, 2.45) is 0 Å². The van der Waals surface area contributed by atoms with Crippen LogP contribution < -0.4 is 5.46 Å². The Morgan fingerprint density at radius 3 is 2.33 bits per heavy atom. The summed E-state index contributed by atoms with van der Waals surface area (Å²) in [5.74, 6) is -0.372. The lowest BCUT2D eigenvalue weighted by Gasteiger charge is -2.39. The van der Waals surface area contributed by atoms with Gasteiger partial charge in [-0.1, -0.05) is 31.5 Å². The first-order valence-corrected chi connectivity index (χ1v) is 6.76. The molecule has 0 saturated carbocycles. The first-order valence-electron chi connectivity index (χ1n) is 5.80. The standard InChI is InChI=1S/C13H19BClFOP/c1-8-6-9(11(16)7-10(8)15)14-17-12(2,3)13(4,5)18/h6-7H,18H2,1-5H3. The minimum atomic E-state index is -0.419. The average Bonchev–Trinajstić information content (AvgIpc) is 2.20. The zero-order valence-electron chi connectivity index (χ0n) is 11.5. The van der Waals surface area contributed by atoms with Crippen LogP contribution in [0.3, 0.4) is 0 Å². The summed E-state index contributed by atoms with van der Waals surface area (Å²) in [6, 6.07) is 2.99. The second-order valence-electron chi connectivity index (χ2n) is 5.59. The van der Waals surface area contributed by atoms with Crippen LogP contribution in [0.2, 0.25) is 5.02 Å². The Kier molecular flexibility index (Phi) is 4.86. The molecule has 1 radical (unpaired) electrons. The zero-order chi connectivity index (χ0) is 14.1. The first-order chi connectivity index (χ1) is 8.04. The van der Waals surface area contributed by atoms with Gasteiger partial charge in [-0.05, 0) is 37.9 Å². The molecule has 0 aliphatic rings. The SMILES string of the molecule is Cc1cc([B]OC(C)(C)C(C)(C)P)c(F)cc1Cl. The summed E-state index contributed by atoms with van der Waals surface area (Å²) in [5.41, 5.74) is 0.826. The van der Waals surface area contributed by atoms with Gasteiger partial charge < -0.3 is 4.65 Å². The first kappa shape index (κ1) is 16.0. The Morgan fingerprint density at radius 2 is 1.83 bits per heavy atom. The average molecular weight is 288 g/mol. The fraction of sp³-hybridized carbons (Fsp3) is 0.538. The van der Waals surface area contributed by atoms with E-state index in [1.165, 1.54) is 13.5 Å². The van der Waals surface area contributed by atoms with Gasteiger partial charge in [0.1, 0.15) is 5.82 Å². The molecule has 0 aromatic heterocycles. The van der Waals surface area contributed by atoms with Crippen molar-refractivity contribution >= 4 is 33.8 Å². The van der Waals surface area contributed by atoms with Crippen molar-refractivity contribution in [3.8, 4) is 0 Å². The van der Waals surface area contributed by atoms with E-state index in [1.807, 2.05) is 20.8 Å². The molecule has 0 saturated heterocycles. The molecule has 0 amide bonds. The molecule has 0 aliphatic carbocycles. The van der Waals surface area contributed by atoms with E-state index in [4.69, 9.17) is 16.3 Å². The van der Waals surface area contributed by atoms with E-state index >= 15 is 0 Å². The number of aryl methyl sites for hydroxylation is 1. The molecule has 1 unspecified atom stereocenters. The topological polar surface area (TPSA) is 9.23 Å². The molecule has 1 nitrogen and oxygen atoms in total. The number of hydrogen-bond donors (Lipinski definition) is 0. The highest BCUT2D eigenvalue weighted by Gasteiger charge is 2.34. The number of benzene rings is 1. The van der Waals surface area contributed by atoms with Gasteiger partial charge in [0.2, 0.25) is 0 Å². The van der Waals surface area contributed by atoms with Gasteiger partial charge in [-0.2, -0.15) is 0 Å². The van der Waals surface area contributed by atoms with Gasteiger partial charge >= 0.3 is 7.48 Å². The van der Waals surface area contributed by atoms with Gasteiger partial charge in [0, 0.05) is 10.2 Å². The maximum Gasteiger partial charge on any atom is 0.333 e. The Hall–Kier alpha value is -0.105. The van der Waals surface area contributed by atoms with Crippen molar-refractivity contribution in [3.63, 3.8) is 0 Å². The minimum absolute atomic E-state index is 0.124. The molecular formula is C13H19BClFOP. The summed E-state index contributed by atoms with van der Waals surface area (Å²) in [5, 5.41) is 0.303. The van der Waals surface area contributed by atoms with Crippen molar-refractivity contribution in [2.45, 2.75) is 45.4 Å². The second-order valence-corrected chi connectivity index (χ2v) is 7.44. The van der Waals surface area contributed by atoms with Crippen molar-refractivity contribution < 1.29 is 9.04 Å². The molecule has 0 fully saturated rings. The van der Waals surface area contributed by atoms with Crippen LogP contribution in [-0.2, 0) is 4.65 Å². The summed E-state index contributed by atoms with van der Waals surface area (Å²) in [6.07, 6.45) is 0. The Morgan fingerprint density at radius 1 is 1.28 bits per heavy atom. The second kappa shape index (κ2) is 5.49. The third-order valence-electron chi connectivity index (χ3n) is 3.31. The van der Waals surface area contributed by atoms with E-state index < -0.39 is 5.60 Å². The molecule has 5 heteroatoms. The van der Waals surface area contributed by atoms with E-state index in [0.29, 0.717) is 10.5 Å². The summed E-state index contributed by atoms with van der Waals surface area (Å²) in [6.45, 7) is 9.88. The highest BCUT2D eigenvalue weighted by atomic mass is 35.5. The van der Waals surface area contributed by atoms with Gasteiger partial charge in [-0.3, -0.25) is 0 Å². The van der Waals surface area contributed by atoms with E-state index in [0.717, 1.165) is 5.56 Å². The predicted molar refractivity (Wildman–Crippen MR) is 80.5 cm³/mol. The molecule has 1 aromatic rings. The monoisotopic (exact) mass is 287 g/mol. The normalized spacial score (nSPS) is 12.7. The Bertz CT molecular complexity index is 443. The van der Waals surface area contributed by atoms with Gasteiger partial charge in [0.15, 0.2) is 0 Å². The molecule has 0 aliphatic heterocycles. The van der Waals surface area contributed by atoms with Crippen LogP contribution >= 0.6 is 20.8 Å². The molecule has 0 heterocycles. The third kappa shape index (κ3) is 3.69. The van der Waals surface area contributed by atoms with Crippen LogP contribution in [0.1, 0.15) is 33.3 Å². The van der Waals surface area contributed by atoms with Crippen LogP contribution in [0.4, 0.5) is 4.39 Å². The molecule has 1 rings (SSSR count). The largest absolute Gasteiger partial charge is 0.429 e. The van der Waals surface area contributed by atoms with Gasteiger partial charge in [0.25, 0.3) is 0 Å². The highest BCUT2D eigenvalue weighted by molar-refractivity contribution is 7.19. The van der Waals surface area contributed by atoms with E-state index in [9.17, 15) is 4.39 Å². The van der Waals surface area contributed by atoms with Crippen LogP contribution in [-0.4, -0.2) is 18.2 Å². The molecule has 99 valence electrons. The number of rotatable bonds is 4. The summed E-state index contributed by atoms with van der Waals surface area (Å²) >= 11 is 5.85. The van der Waals surface area contributed by atoms with E-state index in [-0.39, 0.29) is 11.0 Å². The Balaban J connectivity index is 2.85. The lowest BCUT2D eigenvalue weighted by molar-refractivity contribution is 0.0839. The van der Waals surface area contributed by atoms with E-state index in [2.05, 4.69) is 23.1 Å². The van der Waals surface area contributed by atoms with Crippen molar-refractivity contribution in [1.82, 2.24) is 0 Å². The fourth-order valence-corrected chi connectivity index (χ4v) is 1.35. The zero-order valence-corrected chi connectivity index (χ0v) is 13.4. The maximum atomic E-state index is 13.7. The maximum absolute atomic E-state index is 13.7. The predicted octanol–water partition coefficient (Wildman–Crippen LogP) is 3.48. The van der Waals surface area contributed by atoms with Crippen LogP contribution in [0.15, 0.2) is 12.1 Å². The van der Waals surface area contributed by atoms with Gasteiger partial charge in [-0.15, -0.1) is 9.24 Å². The van der Waals surface area contributed by atoms with Crippen molar-refractivity contribution in [1.29, 1.82) is 0 Å². The van der Waals surface area contributed by atoms with Crippen LogP contribution in [0, 0.1) is 12.7 Å². The smallest absolute Gasteiger partial charge is 0.333 e. The third-order valence-corrected chi connectivity index (χ3v) is 4.41. The van der Waals surface area contributed by atoms with Crippen molar-refractivity contribution in [2.75, 3.05) is 0 Å². The molecule has 1 aromatic carbocycles. The lowest BCUT2D eigenvalue weighted by atomic mass is 9.83. The van der Waals surface area contributed by atoms with Gasteiger partial charge in [-0.25, -0.2) is 4.39 Å². The van der Waals surface area contributed by atoms with Crippen LogP contribution in [0.25, 0.3) is 0 Å². The molecule has 1 atom stereocenters. The molecular weight excluding hydrogens is 268 g/mol. The molecule has 0 N–H and O–H groups in total. The molecule has 0 spiro atoms. The fourth-order valence-electron chi connectivity index (χ4n) is 1.13. The number of hydrogen-bond acceptors (Lipinski definition) is 1. The van der Waals surface area contributed by atoms with Crippen molar-refractivity contribution in [3.05, 3.63) is 28.5 Å². The Labute approximate surface area is 117 Å². The van der Waals surface area contributed by atoms with Gasteiger partial charge in [0.05, 0.1) is 5.60 Å². The van der Waals surface area contributed by atoms with Crippen LogP contribution in [0.5, 0.6) is 0 Å². The molecule has 18 heavy (non-hydrogen) atoms. The highest BCUT2D eigenvalue weighted by Crippen LogP contribution is 2.33. The minimum Gasteiger partial charge on any atom is -0.429 e. The number of halogens is 2. The lowest BCUT2D eigenvalue weighted by Crippen LogP contribution is -2.45. The summed E-state index contributed by atoms with van der Waals surface area (Å²) in [7, 11) is 4.20. The summed E-state index contributed by atoms with van der Waals surface area (Å²) < 4.78 is 19.4.